The molecule has 1 N–H and O–H groups in total. The summed E-state index contributed by atoms with van der Waals surface area (Å²) in [7, 11) is 0. The molecule has 6 nitrogen and oxygen atoms in total. The zero-order valence-electron chi connectivity index (χ0n) is 14.0. The molecule has 1 atom stereocenters. The van der Waals surface area contributed by atoms with Crippen molar-refractivity contribution in [3.8, 4) is 0 Å². The number of aryl methyl sites for hydroxylation is 2. The summed E-state index contributed by atoms with van der Waals surface area (Å²) in [5, 5.41) is 8.19. The van der Waals surface area contributed by atoms with Gasteiger partial charge in [-0.05, 0) is 44.5 Å². The van der Waals surface area contributed by atoms with Crippen LogP contribution in [-0.2, 0) is 11.2 Å². The van der Waals surface area contributed by atoms with E-state index < -0.39 is 0 Å². The predicted molar refractivity (Wildman–Crippen MR) is 97.0 cm³/mol. The van der Waals surface area contributed by atoms with E-state index in [0.717, 1.165) is 17.0 Å². The quantitative estimate of drug-likeness (QED) is 0.755. The van der Waals surface area contributed by atoms with Gasteiger partial charge >= 0.3 is 0 Å². The number of amides is 1. The lowest BCUT2D eigenvalue weighted by atomic mass is 10.1. The van der Waals surface area contributed by atoms with Gasteiger partial charge in [0.2, 0.25) is 5.91 Å². The summed E-state index contributed by atoms with van der Waals surface area (Å²) < 4.78 is 1.64. The second-order valence-corrected chi connectivity index (χ2v) is 6.73. The molecule has 25 heavy (non-hydrogen) atoms. The maximum Gasteiger partial charge on any atom is 0.252 e. The minimum Gasteiger partial charge on any atom is -0.349 e. The summed E-state index contributed by atoms with van der Waals surface area (Å²) >= 11 is 11.9. The fourth-order valence-corrected chi connectivity index (χ4v) is 2.89. The molecule has 8 heteroatoms. The lowest BCUT2D eigenvalue weighted by Crippen LogP contribution is -2.28. The summed E-state index contributed by atoms with van der Waals surface area (Å²) in [5.74, 6) is 0.752. The van der Waals surface area contributed by atoms with Crippen molar-refractivity contribution in [2.75, 3.05) is 0 Å². The third-order valence-corrected chi connectivity index (χ3v) is 4.54. The summed E-state index contributed by atoms with van der Waals surface area (Å²) in [6.45, 7) is 5.70. The summed E-state index contributed by atoms with van der Waals surface area (Å²) in [6.07, 6.45) is 0.0769. The van der Waals surface area contributed by atoms with Crippen molar-refractivity contribution in [1.82, 2.24) is 24.9 Å². The van der Waals surface area contributed by atoms with Crippen LogP contribution in [0.3, 0.4) is 0 Å². The third kappa shape index (κ3) is 3.91. The van der Waals surface area contributed by atoms with Crippen LogP contribution in [0.5, 0.6) is 0 Å². The van der Waals surface area contributed by atoms with Crippen molar-refractivity contribution in [3.05, 3.63) is 57.1 Å². The normalized spacial score (nSPS) is 12.4. The van der Waals surface area contributed by atoms with E-state index in [2.05, 4.69) is 20.4 Å². The number of carbonyl (C=O) groups is 1. The fourth-order valence-electron chi connectivity index (χ4n) is 2.58. The molecule has 1 aromatic carbocycles. The van der Waals surface area contributed by atoms with Crippen LogP contribution in [0, 0.1) is 13.8 Å². The molecule has 0 unspecified atom stereocenters. The minimum absolute atomic E-state index is 0.0769. The molecule has 2 heterocycles. The highest BCUT2D eigenvalue weighted by atomic mass is 35.5. The molecule has 0 saturated heterocycles. The molecule has 0 spiro atoms. The van der Waals surface area contributed by atoms with Gasteiger partial charge in [0.05, 0.1) is 22.5 Å². The Balaban J connectivity index is 1.71. The monoisotopic (exact) mass is 377 g/mol. The van der Waals surface area contributed by atoms with Gasteiger partial charge in [0.25, 0.3) is 5.78 Å². The Bertz CT molecular complexity index is 954. The number of hydrogen-bond acceptors (Lipinski definition) is 4. The second kappa shape index (κ2) is 6.98. The smallest absolute Gasteiger partial charge is 0.252 e. The lowest BCUT2D eigenvalue weighted by molar-refractivity contribution is -0.121. The van der Waals surface area contributed by atoms with Crippen LogP contribution in [0.1, 0.15) is 35.7 Å². The number of carbonyl (C=O) groups excluding carboxylic acids is 1. The van der Waals surface area contributed by atoms with Crippen LogP contribution in [0.2, 0.25) is 10.0 Å². The number of fused-ring (bicyclic) bond motifs is 1. The van der Waals surface area contributed by atoms with Crippen molar-refractivity contribution < 1.29 is 4.79 Å². The number of nitrogens with one attached hydrogen (secondary N) is 1. The zero-order chi connectivity index (χ0) is 18.1. The van der Waals surface area contributed by atoms with E-state index in [0.29, 0.717) is 21.6 Å². The van der Waals surface area contributed by atoms with Gasteiger partial charge in [0.15, 0.2) is 5.82 Å². The average Bonchev–Trinajstić information content (AvgIpc) is 2.92. The SMILES string of the molecule is Cc1cc(C)n2nc(CC(=O)N[C@@H](C)c3ccc(Cl)c(Cl)c3)nc2n1. The molecule has 0 bridgehead atoms. The lowest BCUT2D eigenvalue weighted by Gasteiger charge is -2.14. The first kappa shape index (κ1) is 17.6. The Kier molecular flexibility index (Phi) is 4.92. The molecular formula is C17H17Cl2N5O. The Morgan fingerprint density at radius 2 is 1.96 bits per heavy atom. The maximum atomic E-state index is 12.3. The fraction of sp³-hybridized carbons (Fsp3) is 0.294. The van der Waals surface area contributed by atoms with Gasteiger partial charge in [-0.25, -0.2) is 9.50 Å². The highest BCUT2D eigenvalue weighted by Gasteiger charge is 2.15. The van der Waals surface area contributed by atoms with Crippen LogP contribution >= 0.6 is 23.2 Å². The molecule has 0 aliphatic carbocycles. The van der Waals surface area contributed by atoms with Gasteiger partial charge in [-0.3, -0.25) is 4.79 Å². The standard InChI is InChI=1S/C17H17Cl2N5O/c1-9-6-10(2)24-17(20-9)22-15(23-24)8-16(25)21-11(3)12-4-5-13(18)14(19)7-12/h4-7,11H,8H2,1-3H3,(H,21,25)/t11-/m0/s1. The van der Waals surface area contributed by atoms with Gasteiger partial charge in [-0.15, -0.1) is 5.10 Å². The number of aromatic nitrogens is 4. The second-order valence-electron chi connectivity index (χ2n) is 5.92. The highest BCUT2D eigenvalue weighted by Crippen LogP contribution is 2.25. The van der Waals surface area contributed by atoms with Crippen LogP contribution in [-0.4, -0.2) is 25.5 Å². The highest BCUT2D eigenvalue weighted by molar-refractivity contribution is 6.42. The molecule has 3 rings (SSSR count). The first-order valence-electron chi connectivity index (χ1n) is 7.77. The number of rotatable bonds is 4. The Morgan fingerprint density at radius 1 is 1.20 bits per heavy atom. The van der Waals surface area contributed by atoms with E-state index in [4.69, 9.17) is 23.2 Å². The Morgan fingerprint density at radius 3 is 2.68 bits per heavy atom. The number of benzene rings is 1. The number of nitrogens with zero attached hydrogens (tertiary/aromatic N) is 4. The third-order valence-electron chi connectivity index (χ3n) is 3.80. The topological polar surface area (TPSA) is 72.2 Å². The van der Waals surface area contributed by atoms with E-state index >= 15 is 0 Å². The van der Waals surface area contributed by atoms with Gasteiger partial charge < -0.3 is 5.32 Å². The van der Waals surface area contributed by atoms with Crippen molar-refractivity contribution in [1.29, 1.82) is 0 Å². The van der Waals surface area contributed by atoms with Crippen molar-refractivity contribution in [3.63, 3.8) is 0 Å². The van der Waals surface area contributed by atoms with E-state index in [-0.39, 0.29) is 18.4 Å². The van der Waals surface area contributed by atoms with E-state index in [1.165, 1.54) is 0 Å². The largest absolute Gasteiger partial charge is 0.349 e. The molecule has 0 aliphatic heterocycles. The van der Waals surface area contributed by atoms with Crippen LogP contribution < -0.4 is 5.32 Å². The van der Waals surface area contributed by atoms with Gasteiger partial charge in [0, 0.05) is 11.4 Å². The van der Waals surface area contributed by atoms with E-state index in [9.17, 15) is 4.79 Å². The molecule has 0 saturated carbocycles. The van der Waals surface area contributed by atoms with Gasteiger partial charge in [-0.1, -0.05) is 29.3 Å². The van der Waals surface area contributed by atoms with Crippen LogP contribution in [0.25, 0.3) is 5.78 Å². The van der Waals surface area contributed by atoms with E-state index in [1.807, 2.05) is 32.9 Å². The van der Waals surface area contributed by atoms with E-state index in [1.54, 1.807) is 16.6 Å². The first-order chi connectivity index (χ1) is 11.8. The van der Waals surface area contributed by atoms with Crippen LogP contribution in [0.15, 0.2) is 24.3 Å². The molecular weight excluding hydrogens is 361 g/mol. The molecule has 2 aromatic heterocycles. The summed E-state index contributed by atoms with van der Waals surface area (Å²) in [4.78, 5) is 20.9. The minimum atomic E-state index is -0.207. The molecule has 0 radical (unpaired) electrons. The molecule has 1 amide bonds. The first-order valence-corrected chi connectivity index (χ1v) is 8.53. The molecule has 3 aromatic rings. The predicted octanol–water partition coefficient (Wildman–Crippen LogP) is 3.47. The Hall–Kier alpha value is -2.18. The molecule has 0 aliphatic rings. The van der Waals surface area contributed by atoms with Crippen molar-refractivity contribution in [2.24, 2.45) is 0 Å². The molecule has 130 valence electrons. The van der Waals surface area contributed by atoms with Crippen LogP contribution in [0.4, 0.5) is 0 Å². The van der Waals surface area contributed by atoms with Crippen molar-refractivity contribution >= 4 is 34.9 Å². The number of halogens is 2. The summed E-state index contributed by atoms with van der Waals surface area (Å²) in [6, 6.07) is 6.99. The maximum absolute atomic E-state index is 12.3. The Labute approximate surface area is 155 Å². The summed E-state index contributed by atoms with van der Waals surface area (Å²) in [5.41, 5.74) is 2.66. The van der Waals surface area contributed by atoms with Crippen molar-refractivity contribution in [2.45, 2.75) is 33.2 Å². The molecule has 0 fully saturated rings. The van der Waals surface area contributed by atoms with Gasteiger partial charge in [-0.2, -0.15) is 4.98 Å². The zero-order valence-corrected chi connectivity index (χ0v) is 15.6. The number of hydrogen-bond donors (Lipinski definition) is 1. The van der Waals surface area contributed by atoms with Gasteiger partial charge in [0.1, 0.15) is 0 Å². The average molecular weight is 378 g/mol.